The number of amides is 2. The molecule has 2 amide bonds. The molecule has 0 aromatic heterocycles. The van der Waals surface area contributed by atoms with E-state index in [9.17, 15) is 9.59 Å². The predicted molar refractivity (Wildman–Crippen MR) is 97.6 cm³/mol. The summed E-state index contributed by atoms with van der Waals surface area (Å²) in [6, 6.07) is 18.1. The maximum atomic E-state index is 12.7. The van der Waals surface area contributed by atoms with Gasteiger partial charge in [0.2, 0.25) is 11.8 Å². The quantitative estimate of drug-likeness (QED) is 0.842. The van der Waals surface area contributed by atoms with Crippen LogP contribution < -0.4 is 0 Å². The van der Waals surface area contributed by atoms with Crippen molar-refractivity contribution in [2.45, 2.75) is 26.4 Å². The number of hydrogen-bond acceptors (Lipinski definition) is 2. The third-order valence-electron chi connectivity index (χ3n) is 4.70. The van der Waals surface area contributed by atoms with Gasteiger partial charge in [0.1, 0.15) is 0 Å². The van der Waals surface area contributed by atoms with E-state index < -0.39 is 0 Å². The summed E-state index contributed by atoms with van der Waals surface area (Å²) in [6.07, 6.45) is 0.309. The zero-order valence-corrected chi connectivity index (χ0v) is 14.8. The first-order chi connectivity index (χ1) is 12.0. The second kappa shape index (κ2) is 7.51. The predicted octanol–water partition coefficient (Wildman–Crippen LogP) is 3.00. The summed E-state index contributed by atoms with van der Waals surface area (Å²) in [6.45, 7) is 3.69. The minimum absolute atomic E-state index is 0.0450. The lowest BCUT2D eigenvalue weighted by Gasteiger charge is -2.21. The zero-order chi connectivity index (χ0) is 17.8. The molecule has 1 fully saturated rings. The Labute approximate surface area is 149 Å². The number of likely N-dealkylation sites (tertiary alicyclic amines) is 1. The van der Waals surface area contributed by atoms with Gasteiger partial charge < -0.3 is 9.80 Å². The molecule has 2 aromatic rings. The lowest BCUT2D eigenvalue weighted by Crippen LogP contribution is -2.34. The van der Waals surface area contributed by atoms with E-state index in [-0.39, 0.29) is 17.7 Å². The molecule has 1 saturated heterocycles. The molecule has 130 valence electrons. The topological polar surface area (TPSA) is 40.6 Å². The Balaban J connectivity index is 1.59. The van der Waals surface area contributed by atoms with Crippen LogP contribution in [0.15, 0.2) is 54.6 Å². The van der Waals surface area contributed by atoms with Gasteiger partial charge in [0, 0.05) is 33.1 Å². The van der Waals surface area contributed by atoms with Crippen molar-refractivity contribution >= 4 is 11.8 Å². The third-order valence-corrected chi connectivity index (χ3v) is 4.70. The van der Waals surface area contributed by atoms with Crippen molar-refractivity contribution in [2.24, 2.45) is 5.92 Å². The second-order valence-corrected chi connectivity index (χ2v) is 6.84. The average Bonchev–Trinajstić information content (AvgIpc) is 2.98. The molecule has 0 spiro atoms. The Kier molecular flexibility index (Phi) is 5.17. The molecular formula is C21H24N2O2. The van der Waals surface area contributed by atoms with Crippen molar-refractivity contribution in [1.82, 2.24) is 9.80 Å². The standard InChI is InChI=1S/C21H24N2O2/c1-16-8-10-18(11-9-16)14-23-15-19(12-20(23)24)21(25)22(2)13-17-6-4-3-5-7-17/h3-11,19H,12-15H2,1-2H3. The zero-order valence-electron chi connectivity index (χ0n) is 14.8. The molecule has 4 nitrogen and oxygen atoms in total. The number of hydrogen-bond donors (Lipinski definition) is 0. The summed E-state index contributed by atoms with van der Waals surface area (Å²) in [7, 11) is 1.81. The van der Waals surface area contributed by atoms with E-state index in [1.807, 2.05) is 68.6 Å². The molecule has 0 saturated carbocycles. The number of aryl methyl sites for hydroxylation is 1. The lowest BCUT2D eigenvalue weighted by atomic mass is 10.1. The lowest BCUT2D eigenvalue weighted by molar-refractivity contribution is -0.135. The van der Waals surface area contributed by atoms with Gasteiger partial charge in [-0.1, -0.05) is 60.2 Å². The van der Waals surface area contributed by atoms with Gasteiger partial charge in [0.05, 0.1) is 5.92 Å². The van der Waals surface area contributed by atoms with Crippen LogP contribution in [0.25, 0.3) is 0 Å². The van der Waals surface area contributed by atoms with Gasteiger partial charge in [0.25, 0.3) is 0 Å². The van der Waals surface area contributed by atoms with E-state index >= 15 is 0 Å². The fraction of sp³-hybridized carbons (Fsp3) is 0.333. The van der Waals surface area contributed by atoms with Gasteiger partial charge in [-0.3, -0.25) is 9.59 Å². The molecule has 1 aliphatic rings. The first-order valence-electron chi connectivity index (χ1n) is 8.65. The molecule has 1 atom stereocenters. The van der Waals surface area contributed by atoms with Crippen molar-refractivity contribution in [2.75, 3.05) is 13.6 Å². The Hall–Kier alpha value is -2.62. The van der Waals surface area contributed by atoms with Crippen LogP contribution in [-0.2, 0) is 22.7 Å². The maximum absolute atomic E-state index is 12.7. The molecule has 0 radical (unpaired) electrons. The van der Waals surface area contributed by atoms with E-state index in [0.717, 1.165) is 11.1 Å². The monoisotopic (exact) mass is 336 g/mol. The number of nitrogens with zero attached hydrogens (tertiary/aromatic N) is 2. The molecule has 3 rings (SSSR count). The van der Waals surface area contributed by atoms with Gasteiger partial charge in [-0.25, -0.2) is 0 Å². The van der Waals surface area contributed by atoms with Crippen molar-refractivity contribution in [3.05, 3.63) is 71.3 Å². The van der Waals surface area contributed by atoms with Crippen molar-refractivity contribution in [3.8, 4) is 0 Å². The van der Waals surface area contributed by atoms with Crippen LogP contribution in [0.4, 0.5) is 0 Å². The van der Waals surface area contributed by atoms with Crippen molar-refractivity contribution < 1.29 is 9.59 Å². The molecule has 0 N–H and O–H groups in total. The Bertz CT molecular complexity index is 740. The van der Waals surface area contributed by atoms with E-state index in [1.54, 1.807) is 9.80 Å². The fourth-order valence-corrected chi connectivity index (χ4v) is 3.25. The van der Waals surface area contributed by atoms with Crippen LogP contribution in [-0.4, -0.2) is 35.2 Å². The number of rotatable bonds is 5. The van der Waals surface area contributed by atoms with Crippen molar-refractivity contribution in [1.29, 1.82) is 0 Å². The van der Waals surface area contributed by atoms with Crippen LogP contribution in [0, 0.1) is 12.8 Å². The van der Waals surface area contributed by atoms with Gasteiger partial charge in [-0.15, -0.1) is 0 Å². The fourth-order valence-electron chi connectivity index (χ4n) is 3.25. The molecule has 1 aliphatic heterocycles. The summed E-state index contributed by atoms with van der Waals surface area (Å²) in [4.78, 5) is 28.5. The molecular weight excluding hydrogens is 312 g/mol. The molecule has 1 heterocycles. The highest BCUT2D eigenvalue weighted by Gasteiger charge is 2.35. The first-order valence-corrected chi connectivity index (χ1v) is 8.65. The Morgan fingerprint density at radius 3 is 2.44 bits per heavy atom. The van der Waals surface area contributed by atoms with Crippen molar-refractivity contribution in [3.63, 3.8) is 0 Å². The summed E-state index contributed by atoms with van der Waals surface area (Å²) >= 11 is 0. The number of carbonyl (C=O) groups is 2. The molecule has 0 bridgehead atoms. The minimum Gasteiger partial charge on any atom is -0.341 e. The minimum atomic E-state index is -0.244. The van der Waals surface area contributed by atoms with E-state index in [1.165, 1.54) is 5.56 Å². The molecule has 25 heavy (non-hydrogen) atoms. The third kappa shape index (κ3) is 4.27. The first kappa shape index (κ1) is 17.2. The normalized spacial score (nSPS) is 17.0. The summed E-state index contributed by atoms with van der Waals surface area (Å²) < 4.78 is 0. The maximum Gasteiger partial charge on any atom is 0.228 e. The molecule has 0 aliphatic carbocycles. The van der Waals surface area contributed by atoms with Crippen LogP contribution in [0.1, 0.15) is 23.1 Å². The SMILES string of the molecule is Cc1ccc(CN2CC(C(=O)N(C)Cc3ccccc3)CC2=O)cc1. The van der Waals surface area contributed by atoms with Crippen LogP contribution in [0.5, 0.6) is 0 Å². The highest BCUT2D eigenvalue weighted by atomic mass is 16.2. The van der Waals surface area contributed by atoms with Crippen LogP contribution in [0.3, 0.4) is 0 Å². The van der Waals surface area contributed by atoms with Crippen LogP contribution in [0.2, 0.25) is 0 Å². The highest BCUT2D eigenvalue weighted by molar-refractivity contribution is 5.89. The second-order valence-electron chi connectivity index (χ2n) is 6.84. The smallest absolute Gasteiger partial charge is 0.228 e. The summed E-state index contributed by atoms with van der Waals surface area (Å²) in [5, 5.41) is 0. The van der Waals surface area contributed by atoms with Crippen LogP contribution >= 0.6 is 0 Å². The molecule has 1 unspecified atom stereocenters. The summed E-state index contributed by atoms with van der Waals surface area (Å²) in [5.74, 6) is -0.137. The average molecular weight is 336 g/mol. The number of benzene rings is 2. The summed E-state index contributed by atoms with van der Waals surface area (Å²) in [5.41, 5.74) is 3.40. The van der Waals surface area contributed by atoms with Gasteiger partial charge in [-0.05, 0) is 18.1 Å². The van der Waals surface area contributed by atoms with E-state index in [0.29, 0.717) is 26.1 Å². The Morgan fingerprint density at radius 1 is 1.08 bits per heavy atom. The van der Waals surface area contributed by atoms with E-state index in [4.69, 9.17) is 0 Å². The van der Waals surface area contributed by atoms with Gasteiger partial charge in [0.15, 0.2) is 0 Å². The highest BCUT2D eigenvalue weighted by Crippen LogP contribution is 2.22. The number of carbonyl (C=O) groups excluding carboxylic acids is 2. The Morgan fingerprint density at radius 2 is 1.76 bits per heavy atom. The largest absolute Gasteiger partial charge is 0.341 e. The van der Waals surface area contributed by atoms with Gasteiger partial charge in [-0.2, -0.15) is 0 Å². The van der Waals surface area contributed by atoms with Gasteiger partial charge >= 0.3 is 0 Å². The molecule has 4 heteroatoms. The molecule has 2 aromatic carbocycles. The van der Waals surface area contributed by atoms with E-state index in [2.05, 4.69) is 0 Å².